The highest BCUT2D eigenvalue weighted by atomic mass is 19.3. The molecule has 0 bridgehead atoms. The number of pyridine rings is 1. The topological polar surface area (TPSA) is 12.9 Å². The molecule has 1 aromatic rings. The van der Waals surface area contributed by atoms with Gasteiger partial charge in [0.2, 0.25) is 0 Å². The normalized spacial score (nSPS) is 19.5. The largest absolute Gasteiger partial charge is 0.280 e. The third-order valence-corrected chi connectivity index (χ3v) is 3.34. The minimum atomic E-state index is -2.56. The molecule has 0 atom stereocenters. The number of halogens is 3. The van der Waals surface area contributed by atoms with E-state index in [1.165, 1.54) is 12.3 Å². The van der Waals surface area contributed by atoms with Crippen LogP contribution in [0.5, 0.6) is 0 Å². The molecule has 1 heterocycles. The van der Waals surface area contributed by atoms with Crippen molar-refractivity contribution in [2.24, 2.45) is 0 Å². The quantitative estimate of drug-likeness (QED) is 0.774. The minimum absolute atomic E-state index is 0.245. The van der Waals surface area contributed by atoms with Crippen LogP contribution < -0.4 is 0 Å². The number of aromatic nitrogens is 1. The van der Waals surface area contributed by atoms with E-state index in [9.17, 15) is 13.2 Å². The Morgan fingerprint density at radius 3 is 2.41 bits per heavy atom. The molecule has 0 aromatic carbocycles. The van der Waals surface area contributed by atoms with Gasteiger partial charge in [0.1, 0.15) is 11.4 Å². The van der Waals surface area contributed by atoms with E-state index in [4.69, 9.17) is 0 Å². The predicted octanol–water partition coefficient (Wildman–Crippen LogP) is 4.23. The molecule has 1 aliphatic carbocycles. The summed E-state index contributed by atoms with van der Waals surface area (Å²) in [5.74, 6) is 0. The van der Waals surface area contributed by atoms with Crippen molar-refractivity contribution in [3.8, 4) is 0 Å². The summed E-state index contributed by atoms with van der Waals surface area (Å²) in [4.78, 5) is 3.66. The van der Waals surface area contributed by atoms with E-state index in [-0.39, 0.29) is 5.69 Å². The molecule has 1 saturated carbocycles. The Kier molecular flexibility index (Phi) is 3.69. The molecule has 0 saturated heterocycles. The molecule has 1 aliphatic rings. The van der Waals surface area contributed by atoms with E-state index in [0.29, 0.717) is 24.8 Å². The summed E-state index contributed by atoms with van der Waals surface area (Å²) in [6.45, 7) is 0. The van der Waals surface area contributed by atoms with Gasteiger partial charge in [0.25, 0.3) is 6.43 Å². The van der Waals surface area contributed by atoms with Gasteiger partial charge in [-0.05, 0) is 24.5 Å². The first-order valence-corrected chi connectivity index (χ1v) is 6.01. The fourth-order valence-electron chi connectivity index (χ4n) is 2.40. The van der Waals surface area contributed by atoms with Crippen molar-refractivity contribution < 1.29 is 13.2 Å². The lowest BCUT2D eigenvalue weighted by atomic mass is 9.82. The van der Waals surface area contributed by atoms with Gasteiger partial charge >= 0.3 is 0 Å². The molecule has 0 N–H and O–H groups in total. The molecule has 0 unspecified atom stereocenters. The van der Waals surface area contributed by atoms with Crippen LogP contribution in [0, 0.1) is 0 Å². The van der Waals surface area contributed by atoms with Crippen LogP contribution in [0.3, 0.4) is 0 Å². The number of rotatable bonds is 3. The van der Waals surface area contributed by atoms with Crippen LogP contribution in [-0.4, -0.2) is 10.7 Å². The zero-order valence-electron chi connectivity index (χ0n) is 9.63. The highest BCUT2D eigenvalue weighted by molar-refractivity contribution is 5.17. The Bertz CT molecular complexity index is 355. The SMILES string of the molecule is FC(F)c1ccc(CC2(F)CCCCC2)cn1. The predicted molar refractivity (Wildman–Crippen MR) is 59.8 cm³/mol. The van der Waals surface area contributed by atoms with Crippen molar-refractivity contribution in [1.82, 2.24) is 4.98 Å². The molecular formula is C13H16F3N. The van der Waals surface area contributed by atoms with Crippen LogP contribution in [0.25, 0.3) is 0 Å². The highest BCUT2D eigenvalue weighted by Gasteiger charge is 2.31. The molecule has 0 amide bonds. The van der Waals surface area contributed by atoms with Gasteiger partial charge in [-0.2, -0.15) is 0 Å². The smallest absolute Gasteiger partial charge is 0.255 e. The second-order valence-electron chi connectivity index (χ2n) is 4.78. The van der Waals surface area contributed by atoms with Crippen molar-refractivity contribution >= 4 is 0 Å². The molecule has 4 heteroatoms. The van der Waals surface area contributed by atoms with E-state index in [2.05, 4.69) is 4.98 Å². The van der Waals surface area contributed by atoms with Crippen molar-refractivity contribution in [2.45, 2.75) is 50.6 Å². The lowest BCUT2D eigenvalue weighted by Crippen LogP contribution is -2.28. The number of nitrogens with zero attached hydrogens (tertiary/aromatic N) is 1. The number of alkyl halides is 3. The van der Waals surface area contributed by atoms with Crippen LogP contribution in [0.2, 0.25) is 0 Å². The Labute approximate surface area is 99.1 Å². The van der Waals surface area contributed by atoms with Gasteiger partial charge in [-0.15, -0.1) is 0 Å². The third-order valence-electron chi connectivity index (χ3n) is 3.34. The lowest BCUT2D eigenvalue weighted by molar-refractivity contribution is 0.107. The molecule has 1 fully saturated rings. The summed E-state index contributed by atoms with van der Waals surface area (Å²) >= 11 is 0. The number of hydrogen-bond donors (Lipinski definition) is 0. The minimum Gasteiger partial charge on any atom is -0.255 e. The maximum atomic E-state index is 14.3. The van der Waals surface area contributed by atoms with Crippen molar-refractivity contribution in [2.75, 3.05) is 0 Å². The molecule has 0 radical (unpaired) electrons. The van der Waals surface area contributed by atoms with Gasteiger partial charge in [-0.3, -0.25) is 4.98 Å². The van der Waals surface area contributed by atoms with Crippen LogP contribution >= 0.6 is 0 Å². The highest BCUT2D eigenvalue weighted by Crippen LogP contribution is 2.34. The fourth-order valence-corrected chi connectivity index (χ4v) is 2.40. The summed E-state index contributed by atoms with van der Waals surface area (Å²) in [5, 5.41) is 0. The van der Waals surface area contributed by atoms with Crippen molar-refractivity contribution in [1.29, 1.82) is 0 Å². The van der Waals surface area contributed by atoms with Gasteiger partial charge in [-0.25, -0.2) is 13.2 Å². The zero-order valence-corrected chi connectivity index (χ0v) is 9.63. The van der Waals surface area contributed by atoms with E-state index in [1.54, 1.807) is 6.07 Å². The average Bonchev–Trinajstić information content (AvgIpc) is 2.30. The fraction of sp³-hybridized carbons (Fsp3) is 0.615. The molecule has 0 aliphatic heterocycles. The molecule has 2 rings (SSSR count). The van der Waals surface area contributed by atoms with Crippen LogP contribution in [-0.2, 0) is 6.42 Å². The monoisotopic (exact) mass is 243 g/mol. The van der Waals surface area contributed by atoms with Crippen molar-refractivity contribution in [3.63, 3.8) is 0 Å². The Hall–Kier alpha value is -1.06. The Morgan fingerprint density at radius 1 is 1.18 bits per heavy atom. The third kappa shape index (κ3) is 3.20. The van der Waals surface area contributed by atoms with Gasteiger partial charge in [-0.1, -0.05) is 25.3 Å². The summed E-state index contributed by atoms with van der Waals surface area (Å²) in [7, 11) is 0. The van der Waals surface area contributed by atoms with Crippen LogP contribution in [0.1, 0.15) is 49.8 Å². The molecule has 94 valence electrons. The zero-order chi connectivity index (χ0) is 12.3. The first-order valence-electron chi connectivity index (χ1n) is 6.01. The van der Waals surface area contributed by atoms with Crippen LogP contribution in [0.15, 0.2) is 18.3 Å². The maximum absolute atomic E-state index is 14.3. The summed E-state index contributed by atoms with van der Waals surface area (Å²) in [6, 6.07) is 2.84. The second-order valence-corrected chi connectivity index (χ2v) is 4.78. The van der Waals surface area contributed by atoms with Gasteiger partial charge < -0.3 is 0 Å². The van der Waals surface area contributed by atoms with E-state index < -0.39 is 12.1 Å². The van der Waals surface area contributed by atoms with E-state index in [1.807, 2.05) is 0 Å². The Balaban J connectivity index is 2.03. The summed E-state index contributed by atoms with van der Waals surface area (Å²) in [5.41, 5.74) is -0.698. The lowest BCUT2D eigenvalue weighted by Gasteiger charge is -2.29. The standard InChI is InChI=1S/C13H16F3N/c14-12(15)11-5-4-10(9-17-11)8-13(16)6-2-1-3-7-13/h4-5,9,12H,1-3,6-8H2. The molecule has 1 nitrogen and oxygen atoms in total. The number of hydrogen-bond acceptors (Lipinski definition) is 1. The average molecular weight is 243 g/mol. The van der Waals surface area contributed by atoms with Gasteiger partial charge in [0, 0.05) is 12.6 Å². The second kappa shape index (κ2) is 5.07. The summed E-state index contributed by atoms with van der Waals surface area (Å²) < 4.78 is 38.9. The van der Waals surface area contributed by atoms with Crippen molar-refractivity contribution in [3.05, 3.63) is 29.6 Å². The van der Waals surface area contributed by atoms with Gasteiger partial charge in [0.05, 0.1) is 0 Å². The maximum Gasteiger partial charge on any atom is 0.280 e. The van der Waals surface area contributed by atoms with Gasteiger partial charge in [0.15, 0.2) is 0 Å². The molecule has 17 heavy (non-hydrogen) atoms. The Morgan fingerprint density at radius 2 is 1.88 bits per heavy atom. The van der Waals surface area contributed by atoms with Crippen LogP contribution in [0.4, 0.5) is 13.2 Å². The van der Waals surface area contributed by atoms with E-state index >= 15 is 0 Å². The molecule has 1 aromatic heterocycles. The first kappa shape index (κ1) is 12.4. The van der Waals surface area contributed by atoms with E-state index in [0.717, 1.165) is 19.3 Å². The molecule has 0 spiro atoms. The first-order chi connectivity index (χ1) is 8.09. The summed E-state index contributed by atoms with van der Waals surface area (Å²) in [6.07, 6.45) is 3.18. The molecular weight excluding hydrogens is 227 g/mol.